The van der Waals surface area contributed by atoms with Crippen molar-refractivity contribution in [1.82, 2.24) is 9.97 Å². The molecule has 2 aliphatic heterocycles. The molecular formula is C19H32N4O2. The molecule has 6 heteroatoms. The monoisotopic (exact) mass is 348 g/mol. The Morgan fingerprint density at radius 2 is 1.92 bits per heavy atom. The van der Waals surface area contributed by atoms with Crippen molar-refractivity contribution in [2.45, 2.75) is 58.5 Å². The molecule has 0 unspecified atom stereocenters. The SMILES string of the molecule is CCC[C@]1(CO)CCN(c2cc(CC)nc(N3CCCC3)n2)C[C@H]1O. The molecule has 3 rings (SSSR count). The van der Waals surface area contributed by atoms with Gasteiger partial charge in [-0.2, -0.15) is 4.98 Å². The fraction of sp³-hybridized carbons (Fsp3) is 0.789. The number of β-amino-alcohol motifs (C(OH)–C–C–N with tert-alkyl or cyclic N) is 1. The Bertz CT molecular complexity index is 577. The van der Waals surface area contributed by atoms with E-state index in [2.05, 4.69) is 29.7 Å². The number of anilines is 2. The summed E-state index contributed by atoms with van der Waals surface area (Å²) in [6.45, 7) is 7.68. The van der Waals surface area contributed by atoms with Crippen LogP contribution in [0, 0.1) is 5.41 Å². The molecule has 6 nitrogen and oxygen atoms in total. The average Bonchev–Trinajstić information content (AvgIpc) is 3.18. The fourth-order valence-electron chi connectivity index (χ4n) is 4.15. The van der Waals surface area contributed by atoms with Crippen LogP contribution >= 0.6 is 0 Å². The molecule has 1 aromatic rings. The minimum Gasteiger partial charge on any atom is -0.396 e. The van der Waals surface area contributed by atoms with Gasteiger partial charge in [-0.25, -0.2) is 4.98 Å². The van der Waals surface area contributed by atoms with Crippen LogP contribution in [-0.2, 0) is 6.42 Å². The van der Waals surface area contributed by atoms with Crippen molar-refractivity contribution in [1.29, 1.82) is 0 Å². The Morgan fingerprint density at radius 1 is 1.16 bits per heavy atom. The second-order valence-electron chi connectivity index (χ2n) is 7.55. The summed E-state index contributed by atoms with van der Waals surface area (Å²) in [6, 6.07) is 2.05. The molecule has 3 heterocycles. The minimum atomic E-state index is -0.526. The normalized spacial score (nSPS) is 27.1. The van der Waals surface area contributed by atoms with Gasteiger partial charge in [0.2, 0.25) is 5.95 Å². The predicted molar refractivity (Wildman–Crippen MR) is 100 cm³/mol. The van der Waals surface area contributed by atoms with E-state index >= 15 is 0 Å². The zero-order valence-corrected chi connectivity index (χ0v) is 15.6. The van der Waals surface area contributed by atoms with Crippen LogP contribution in [0.4, 0.5) is 11.8 Å². The first-order valence-corrected chi connectivity index (χ1v) is 9.78. The average molecular weight is 348 g/mol. The molecule has 0 amide bonds. The highest BCUT2D eigenvalue weighted by Gasteiger charge is 2.41. The Hall–Kier alpha value is -1.40. The summed E-state index contributed by atoms with van der Waals surface area (Å²) < 4.78 is 0. The Morgan fingerprint density at radius 3 is 2.52 bits per heavy atom. The van der Waals surface area contributed by atoms with E-state index in [1.807, 2.05) is 0 Å². The Balaban J connectivity index is 1.81. The number of nitrogens with zero attached hydrogens (tertiary/aromatic N) is 4. The molecule has 2 aliphatic rings. The van der Waals surface area contributed by atoms with Crippen LogP contribution in [0.3, 0.4) is 0 Å². The minimum absolute atomic E-state index is 0.0544. The van der Waals surface area contributed by atoms with Gasteiger partial charge in [0.25, 0.3) is 0 Å². The van der Waals surface area contributed by atoms with Crippen LogP contribution in [0.25, 0.3) is 0 Å². The van der Waals surface area contributed by atoms with Gasteiger partial charge in [0.15, 0.2) is 0 Å². The van der Waals surface area contributed by atoms with E-state index in [9.17, 15) is 10.2 Å². The largest absolute Gasteiger partial charge is 0.396 e. The smallest absolute Gasteiger partial charge is 0.227 e. The standard InChI is InChI=1S/C19H32N4O2/c1-3-7-19(14-24)8-11-23(13-16(19)25)17-12-15(4-2)20-18(21-17)22-9-5-6-10-22/h12,16,24-25H,3-11,13-14H2,1-2H3/t16-,19-/m1/s1. The van der Waals surface area contributed by atoms with E-state index in [1.165, 1.54) is 12.8 Å². The molecule has 2 fully saturated rings. The lowest BCUT2D eigenvalue weighted by Crippen LogP contribution is -2.53. The topological polar surface area (TPSA) is 72.7 Å². The first-order valence-electron chi connectivity index (χ1n) is 9.78. The molecule has 1 aromatic heterocycles. The molecule has 2 atom stereocenters. The fourth-order valence-corrected chi connectivity index (χ4v) is 4.15. The summed E-state index contributed by atoms with van der Waals surface area (Å²) in [5.41, 5.74) is 0.692. The summed E-state index contributed by atoms with van der Waals surface area (Å²) in [6.07, 6.45) is 5.39. The molecule has 140 valence electrons. The van der Waals surface area contributed by atoms with Crippen molar-refractivity contribution in [2.24, 2.45) is 5.41 Å². The van der Waals surface area contributed by atoms with Crippen molar-refractivity contribution in [3.05, 3.63) is 11.8 Å². The van der Waals surface area contributed by atoms with Crippen LogP contribution < -0.4 is 9.80 Å². The second kappa shape index (κ2) is 7.87. The Kier molecular flexibility index (Phi) is 5.79. The van der Waals surface area contributed by atoms with Crippen LogP contribution in [0.5, 0.6) is 0 Å². The van der Waals surface area contributed by atoms with E-state index in [4.69, 9.17) is 9.97 Å². The zero-order chi connectivity index (χ0) is 17.9. The number of hydrogen-bond donors (Lipinski definition) is 2. The molecule has 0 radical (unpaired) electrons. The van der Waals surface area contributed by atoms with Gasteiger partial charge in [0.05, 0.1) is 12.7 Å². The van der Waals surface area contributed by atoms with E-state index < -0.39 is 6.10 Å². The molecular weight excluding hydrogens is 316 g/mol. The summed E-state index contributed by atoms with van der Waals surface area (Å²) in [5.74, 6) is 1.74. The third-order valence-electron chi connectivity index (χ3n) is 5.87. The van der Waals surface area contributed by atoms with Gasteiger partial charge in [0, 0.05) is 43.4 Å². The molecule has 0 saturated carbocycles. The van der Waals surface area contributed by atoms with Gasteiger partial charge in [-0.15, -0.1) is 0 Å². The highest BCUT2D eigenvalue weighted by atomic mass is 16.3. The lowest BCUT2D eigenvalue weighted by atomic mass is 9.73. The van der Waals surface area contributed by atoms with E-state index in [0.717, 1.165) is 62.8 Å². The maximum atomic E-state index is 10.7. The quantitative estimate of drug-likeness (QED) is 0.819. The lowest BCUT2D eigenvalue weighted by Gasteiger charge is -2.45. The van der Waals surface area contributed by atoms with E-state index in [0.29, 0.717) is 6.54 Å². The van der Waals surface area contributed by atoms with Crippen molar-refractivity contribution in [3.63, 3.8) is 0 Å². The highest BCUT2D eigenvalue weighted by molar-refractivity contribution is 5.47. The van der Waals surface area contributed by atoms with Gasteiger partial charge in [-0.05, 0) is 32.1 Å². The molecule has 25 heavy (non-hydrogen) atoms. The number of piperidine rings is 1. The number of aryl methyl sites for hydroxylation is 1. The summed E-state index contributed by atoms with van der Waals surface area (Å²) >= 11 is 0. The molecule has 2 N–H and O–H groups in total. The number of aliphatic hydroxyl groups is 2. The molecule has 0 spiro atoms. The third-order valence-corrected chi connectivity index (χ3v) is 5.87. The first-order chi connectivity index (χ1) is 12.1. The van der Waals surface area contributed by atoms with Crippen molar-refractivity contribution >= 4 is 11.8 Å². The predicted octanol–water partition coefficient (Wildman–Crippen LogP) is 1.99. The van der Waals surface area contributed by atoms with Crippen LogP contribution in [-0.4, -0.2) is 59.1 Å². The van der Waals surface area contributed by atoms with E-state index in [1.54, 1.807) is 0 Å². The highest BCUT2D eigenvalue weighted by Crippen LogP contribution is 2.37. The van der Waals surface area contributed by atoms with Gasteiger partial charge in [-0.1, -0.05) is 20.3 Å². The van der Waals surface area contributed by atoms with Crippen molar-refractivity contribution < 1.29 is 10.2 Å². The Labute approximate surface area is 150 Å². The number of aromatic nitrogens is 2. The number of aliphatic hydroxyl groups excluding tert-OH is 2. The summed E-state index contributed by atoms with van der Waals surface area (Å²) in [5, 5.41) is 20.6. The summed E-state index contributed by atoms with van der Waals surface area (Å²) in [7, 11) is 0. The summed E-state index contributed by atoms with van der Waals surface area (Å²) in [4.78, 5) is 13.9. The van der Waals surface area contributed by atoms with Gasteiger partial charge in [0.1, 0.15) is 5.82 Å². The lowest BCUT2D eigenvalue weighted by molar-refractivity contribution is -0.0372. The molecule has 0 bridgehead atoms. The molecule has 0 aromatic carbocycles. The first kappa shape index (κ1) is 18.4. The van der Waals surface area contributed by atoms with Crippen LogP contribution in [0.1, 0.15) is 51.6 Å². The van der Waals surface area contributed by atoms with Crippen LogP contribution in [0.2, 0.25) is 0 Å². The van der Waals surface area contributed by atoms with Crippen molar-refractivity contribution in [3.8, 4) is 0 Å². The maximum absolute atomic E-state index is 10.7. The second-order valence-corrected chi connectivity index (χ2v) is 7.55. The van der Waals surface area contributed by atoms with Crippen molar-refractivity contribution in [2.75, 3.05) is 42.6 Å². The number of hydrogen-bond acceptors (Lipinski definition) is 6. The van der Waals surface area contributed by atoms with Gasteiger partial charge in [-0.3, -0.25) is 0 Å². The maximum Gasteiger partial charge on any atom is 0.227 e. The van der Waals surface area contributed by atoms with E-state index in [-0.39, 0.29) is 12.0 Å². The van der Waals surface area contributed by atoms with Crippen LogP contribution in [0.15, 0.2) is 6.07 Å². The molecule has 0 aliphatic carbocycles. The third kappa shape index (κ3) is 3.75. The number of rotatable bonds is 6. The molecule has 2 saturated heterocycles. The van der Waals surface area contributed by atoms with Gasteiger partial charge >= 0.3 is 0 Å². The van der Waals surface area contributed by atoms with Gasteiger partial charge < -0.3 is 20.0 Å². The zero-order valence-electron chi connectivity index (χ0n) is 15.6.